The maximum Gasteiger partial charge on any atom is 0.325 e. The fourth-order valence-electron chi connectivity index (χ4n) is 3.23. The number of nitrogens with zero attached hydrogens (tertiary/aromatic N) is 3. The lowest BCUT2D eigenvalue weighted by Gasteiger charge is -2.14. The van der Waals surface area contributed by atoms with E-state index in [1.165, 1.54) is 19.8 Å². The largest absolute Gasteiger partial charge is 0.480 e. The average Bonchev–Trinajstić information content (AvgIpc) is 3.48. The lowest BCUT2D eigenvalue weighted by molar-refractivity contribution is -0.138. The molecule has 4 rings (SSSR count). The van der Waals surface area contributed by atoms with Crippen LogP contribution in [0.4, 0.5) is 0 Å². The zero-order valence-corrected chi connectivity index (χ0v) is 14.4. The molecule has 2 aromatic rings. The molecule has 7 heteroatoms. The minimum Gasteiger partial charge on any atom is -0.480 e. The van der Waals surface area contributed by atoms with Gasteiger partial charge in [-0.15, -0.1) is 0 Å². The Labute approximate surface area is 145 Å². The Kier molecular flexibility index (Phi) is 3.74. The minimum absolute atomic E-state index is 0.258. The van der Waals surface area contributed by atoms with Crippen LogP contribution in [0, 0.1) is 5.92 Å². The van der Waals surface area contributed by atoms with Crippen LogP contribution in [0.25, 0.3) is 11.0 Å². The first-order chi connectivity index (χ1) is 12.0. The average molecular weight is 342 g/mol. The summed E-state index contributed by atoms with van der Waals surface area (Å²) in [5.41, 5.74) is 2.11. The van der Waals surface area contributed by atoms with Crippen LogP contribution in [-0.4, -0.2) is 37.8 Å². The van der Waals surface area contributed by atoms with Crippen LogP contribution in [0.5, 0.6) is 0 Å². The van der Waals surface area contributed by atoms with Gasteiger partial charge in [0.15, 0.2) is 5.65 Å². The van der Waals surface area contributed by atoms with Crippen molar-refractivity contribution < 1.29 is 14.7 Å². The zero-order chi connectivity index (χ0) is 17.7. The number of aliphatic carboxylic acids is 1. The number of carbonyl (C=O) groups is 2. The van der Waals surface area contributed by atoms with Gasteiger partial charge in [-0.1, -0.05) is 0 Å². The van der Waals surface area contributed by atoms with Crippen molar-refractivity contribution in [2.24, 2.45) is 5.92 Å². The number of hydrogen-bond acceptors (Lipinski definition) is 4. The van der Waals surface area contributed by atoms with Gasteiger partial charge in [-0.25, -0.2) is 9.67 Å². The molecule has 25 heavy (non-hydrogen) atoms. The maximum atomic E-state index is 12.7. The van der Waals surface area contributed by atoms with Gasteiger partial charge in [0, 0.05) is 11.6 Å². The van der Waals surface area contributed by atoms with E-state index in [-0.39, 0.29) is 11.9 Å². The van der Waals surface area contributed by atoms with Gasteiger partial charge >= 0.3 is 5.97 Å². The van der Waals surface area contributed by atoms with Crippen molar-refractivity contribution in [2.75, 3.05) is 0 Å². The van der Waals surface area contributed by atoms with E-state index in [1.807, 2.05) is 4.68 Å². The molecule has 2 fully saturated rings. The van der Waals surface area contributed by atoms with Crippen LogP contribution >= 0.6 is 0 Å². The van der Waals surface area contributed by atoms with E-state index in [4.69, 9.17) is 10.1 Å². The summed E-state index contributed by atoms with van der Waals surface area (Å²) < 4.78 is 1.93. The van der Waals surface area contributed by atoms with Crippen molar-refractivity contribution in [1.29, 1.82) is 0 Å². The van der Waals surface area contributed by atoms with Crippen molar-refractivity contribution in [1.82, 2.24) is 20.1 Å². The van der Waals surface area contributed by atoms with Crippen LogP contribution in [0.3, 0.4) is 0 Å². The molecule has 0 bridgehead atoms. The van der Waals surface area contributed by atoms with E-state index in [1.54, 1.807) is 12.3 Å². The Bertz CT molecular complexity index is 851. The number of carboxylic acid groups (broad SMARTS) is 1. The highest BCUT2D eigenvalue weighted by Gasteiger charge is 2.33. The highest BCUT2D eigenvalue weighted by atomic mass is 16.4. The van der Waals surface area contributed by atoms with E-state index in [2.05, 4.69) is 17.3 Å². The molecule has 2 heterocycles. The molecule has 2 aromatic heterocycles. The normalized spacial score (nSPS) is 19.6. The Morgan fingerprint density at radius 1 is 1.28 bits per heavy atom. The van der Waals surface area contributed by atoms with E-state index in [9.17, 15) is 9.59 Å². The Hall–Kier alpha value is -2.44. The van der Waals surface area contributed by atoms with Gasteiger partial charge in [-0.2, -0.15) is 5.10 Å². The van der Waals surface area contributed by atoms with Crippen molar-refractivity contribution in [3.05, 3.63) is 23.5 Å². The number of amides is 1. The molecule has 2 aliphatic rings. The van der Waals surface area contributed by atoms with Crippen LogP contribution in [0.1, 0.15) is 67.5 Å². The van der Waals surface area contributed by atoms with Crippen molar-refractivity contribution in [3.8, 4) is 0 Å². The summed E-state index contributed by atoms with van der Waals surface area (Å²) in [4.78, 5) is 28.5. The number of rotatable bonds is 6. The maximum absolute atomic E-state index is 12.7. The first kappa shape index (κ1) is 16.1. The molecular formula is C18H22N4O3. The van der Waals surface area contributed by atoms with Gasteiger partial charge in [0.25, 0.3) is 5.91 Å². The van der Waals surface area contributed by atoms with Crippen LogP contribution in [-0.2, 0) is 4.79 Å². The first-order valence-corrected chi connectivity index (χ1v) is 8.87. The van der Waals surface area contributed by atoms with Crippen LogP contribution in [0.15, 0.2) is 12.3 Å². The number of hydrogen-bond donors (Lipinski definition) is 2. The third kappa shape index (κ3) is 2.99. The lowest BCUT2D eigenvalue weighted by atomic mass is 10.1. The SMILES string of the molecule is C[C@H](NC(=O)c1cc(C2CC2)nc2c1cnn2[C@H](C)C1CC1)C(=O)O. The second-order valence-electron chi connectivity index (χ2n) is 7.31. The molecule has 2 saturated carbocycles. The Morgan fingerprint density at radius 3 is 2.60 bits per heavy atom. The molecule has 2 N–H and O–H groups in total. The summed E-state index contributed by atoms with van der Waals surface area (Å²) >= 11 is 0. The van der Waals surface area contributed by atoms with E-state index < -0.39 is 12.0 Å². The molecule has 0 radical (unpaired) electrons. The monoisotopic (exact) mass is 342 g/mol. The van der Waals surface area contributed by atoms with Crippen molar-refractivity contribution in [3.63, 3.8) is 0 Å². The quantitative estimate of drug-likeness (QED) is 0.840. The number of nitrogens with one attached hydrogen (secondary N) is 1. The number of carboxylic acids is 1. The molecule has 0 aromatic carbocycles. The molecular weight excluding hydrogens is 320 g/mol. The zero-order valence-electron chi connectivity index (χ0n) is 14.4. The lowest BCUT2D eigenvalue weighted by Crippen LogP contribution is -2.38. The summed E-state index contributed by atoms with van der Waals surface area (Å²) in [6.07, 6.45) is 6.25. The predicted molar refractivity (Wildman–Crippen MR) is 91.5 cm³/mol. The fourth-order valence-corrected chi connectivity index (χ4v) is 3.23. The van der Waals surface area contributed by atoms with E-state index in [0.29, 0.717) is 22.8 Å². The van der Waals surface area contributed by atoms with E-state index >= 15 is 0 Å². The summed E-state index contributed by atoms with van der Waals surface area (Å²) in [5.74, 6) is -0.423. The third-order valence-corrected chi connectivity index (χ3v) is 5.23. The predicted octanol–water partition coefficient (Wildman–Crippen LogP) is 2.48. The molecule has 0 spiro atoms. The summed E-state index contributed by atoms with van der Waals surface area (Å²) in [6, 6.07) is 1.12. The van der Waals surface area contributed by atoms with Gasteiger partial charge in [0.1, 0.15) is 6.04 Å². The summed E-state index contributed by atoms with van der Waals surface area (Å²) in [6.45, 7) is 3.60. The molecule has 1 amide bonds. The number of pyridine rings is 1. The van der Waals surface area contributed by atoms with Crippen molar-refractivity contribution in [2.45, 2.75) is 57.5 Å². The summed E-state index contributed by atoms with van der Waals surface area (Å²) in [5, 5.41) is 16.8. The van der Waals surface area contributed by atoms with E-state index in [0.717, 1.165) is 24.2 Å². The molecule has 2 atom stereocenters. The van der Waals surface area contributed by atoms with Gasteiger partial charge in [0.05, 0.1) is 23.2 Å². The third-order valence-electron chi connectivity index (χ3n) is 5.23. The molecule has 7 nitrogen and oxygen atoms in total. The minimum atomic E-state index is -1.06. The highest BCUT2D eigenvalue weighted by molar-refractivity contribution is 6.06. The van der Waals surface area contributed by atoms with Gasteiger partial charge in [-0.05, 0) is 51.5 Å². The van der Waals surface area contributed by atoms with Crippen LogP contribution in [0.2, 0.25) is 0 Å². The van der Waals surface area contributed by atoms with Crippen molar-refractivity contribution >= 4 is 22.9 Å². The highest BCUT2D eigenvalue weighted by Crippen LogP contribution is 2.42. The van der Waals surface area contributed by atoms with Crippen LogP contribution < -0.4 is 5.32 Å². The smallest absolute Gasteiger partial charge is 0.325 e. The van der Waals surface area contributed by atoms with Gasteiger partial charge < -0.3 is 10.4 Å². The van der Waals surface area contributed by atoms with Gasteiger partial charge in [0.2, 0.25) is 0 Å². The first-order valence-electron chi connectivity index (χ1n) is 8.87. The molecule has 132 valence electrons. The number of fused-ring (bicyclic) bond motifs is 1. The molecule has 2 aliphatic carbocycles. The summed E-state index contributed by atoms with van der Waals surface area (Å²) in [7, 11) is 0. The number of aromatic nitrogens is 3. The molecule has 0 unspecified atom stereocenters. The topological polar surface area (TPSA) is 97.1 Å². The second kappa shape index (κ2) is 5.82. The van der Waals surface area contributed by atoms with Gasteiger partial charge in [-0.3, -0.25) is 9.59 Å². The fraction of sp³-hybridized carbons (Fsp3) is 0.556. The number of carbonyl (C=O) groups excluding carboxylic acids is 1. The Morgan fingerprint density at radius 2 is 2.00 bits per heavy atom. The second-order valence-corrected chi connectivity index (χ2v) is 7.31. The standard InChI is InChI=1S/C18H22N4O3/c1-9(18(24)25)20-17(23)13-7-15(12-5-6-12)21-16-14(13)8-19-22(16)10(2)11-3-4-11/h7-12H,3-6H2,1-2H3,(H,20,23)(H,24,25)/t9-,10+/m0/s1. The molecule has 0 aliphatic heterocycles. The Balaban J connectivity index is 1.77. The molecule has 0 saturated heterocycles.